The summed E-state index contributed by atoms with van der Waals surface area (Å²) in [5.74, 6) is -2.28. The molecule has 104 valence electrons. The summed E-state index contributed by atoms with van der Waals surface area (Å²) >= 11 is 0. The van der Waals surface area contributed by atoms with E-state index < -0.39 is 11.9 Å². The van der Waals surface area contributed by atoms with Crippen LogP contribution in [-0.4, -0.2) is 41.5 Å². The van der Waals surface area contributed by atoms with Crippen molar-refractivity contribution in [2.24, 2.45) is 0 Å². The van der Waals surface area contributed by atoms with E-state index in [0.29, 0.717) is 13.0 Å². The highest BCUT2D eigenvalue weighted by Crippen LogP contribution is 2.00. The van der Waals surface area contributed by atoms with Crippen molar-refractivity contribution >= 4 is 11.9 Å². The van der Waals surface area contributed by atoms with E-state index >= 15 is 0 Å². The van der Waals surface area contributed by atoms with Crippen LogP contribution in [0.15, 0.2) is 24.4 Å². The number of carbonyl (C=O) groups excluding carboxylic acids is 2. The highest BCUT2D eigenvalue weighted by molar-refractivity contribution is 5.65. The molecule has 0 unspecified atom stereocenters. The average molecular weight is 264 g/mol. The zero-order valence-electron chi connectivity index (χ0n) is 10.6. The first-order valence-corrected chi connectivity index (χ1v) is 6.10. The van der Waals surface area contributed by atoms with E-state index in [2.05, 4.69) is 4.98 Å². The Balaban J connectivity index is 2.43. The Kier molecular flexibility index (Phi) is 6.52. The molecule has 0 aliphatic rings. The minimum absolute atomic E-state index is 0.116. The Hall–Kier alpha value is -1.95. The van der Waals surface area contributed by atoms with Crippen molar-refractivity contribution in [3.8, 4) is 0 Å². The van der Waals surface area contributed by atoms with Gasteiger partial charge in [0.05, 0.1) is 0 Å². The van der Waals surface area contributed by atoms with Crippen LogP contribution >= 0.6 is 0 Å². The monoisotopic (exact) mass is 264 g/mol. The van der Waals surface area contributed by atoms with Crippen molar-refractivity contribution in [3.05, 3.63) is 30.1 Å². The number of carboxylic acids is 2. The lowest BCUT2D eigenvalue weighted by atomic mass is 10.2. The van der Waals surface area contributed by atoms with E-state index in [4.69, 9.17) is 0 Å². The molecular weight excluding hydrogens is 248 g/mol. The Morgan fingerprint density at radius 2 is 1.68 bits per heavy atom. The fourth-order valence-corrected chi connectivity index (χ4v) is 1.65. The predicted molar refractivity (Wildman–Crippen MR) is 63.6 cm³/mol. The van der Waals surface area contributed by atoms with E-state index in [1.54, 1.807) is 11.1 Å². The number of nitrogens with zero attached hydrogens (tertiary/aromatic N) is 2. The number of aromatic nitrogens is 1. The molecular formula is C13H16N2O4-2. The highest BCUT2D eigenvalue weighted by Gasteiger charge is 2.06. The number of hydrogen-bond acceptors (Lipinski definition) is 6. The molecule has 0 fully saturated rings. The number of carboxylic acid groups (broad SMARTS) is 2. The maximum absolute atomic E-state index is 10.4. The zero-order valence-corrected chi connectivity index (χ0v) is 10.6. The second-order valence-electron chi connectivity index (χ2n) is 4.16. The van der Waals surface area contributed by atoms with Crippen LogP contribution in [0.1, 0.15) is 18.5 Å². The van der Waals surface area contributed by atoms with Gasteiger partial charge in [-0.1, -0.05) is 6.07 Å². The minimum atomic E-state index is -1.14. The molecule has 0 N–H and O–H groups in total. The highest BCUT2D eigenvalue weighted by atomic mass is 16.4. The van der Waals surface area contributed by atoms with E-state index in [1.807, 2.05) is 18.2 Å². The van der Waals surface area contributed by atoms with Gasteiger partial charge < -0.3 is 24.7 Å². The molecule has 1 aromatic rings. The number of hydrogen-bond donors (Lipinski definition) is 0. The lowest BCUT2D eigenvalue weighted by Gasteiger charge is -2.22. The van der Waals surface area contributed by atoms with Gasteiger partial charge in [0.2, 0.25) is 0 Å². The van der Waals surface area contributed by atoms with Gasteiger partial charge >= 0.3 is 0 Å². The second-order valence-corrected chi connectivity index (χ2v) is 4.16. The third-order valence-corrected chi connectivity index (χ3v) is 2.67. The third-order valence-electron chi connectivity index (χ3n) is 2.67. The molecule has 0 atom stereocenters. The van der Waals surface area contributed by atoms with Crippen LogP contribution < -0.4 is 10.2 Å². The van der Waals surface area contributed by atoms with Crippen LogP contribution in [0.5, 0.6) is 0 Å². The predicted octanol–water partition coefficient (Wildman–Crippen LogP) is -1.79. The van der Waals surface area contributed by atoms with Crippen LogP contribution in [0.4, 0.5) is 0 Å². The van der Waals surface area contributed by atoms with E-state index in [0.717, 1.165) is 5.69 Å². The molecule has 1 rings (SSSR count). The third kappa shape index (κ3) is 7.15. The Labute approximate surface area is 111 Å². The number of carbonyl (C=O) groups is 2. The van der Waals surface area contributed by atoms with Crippen molar-refractivity contribution in [3.63, 3.8) is 0 Å². The first-order valence-electron chi connectivity index (χ1n) is 6.10. The standard InChI is InChI=1S/C13H18N2O4/c16-12(17)5-9-15(10-6-13(18)19)8-4-11-3-1-2-7-14-11/h1-3,7H,4-6,8-10H2,(H,16,17)(H,18,19)/p-2. The zero-order chi connectivity index (χ0) is 14.1. The topological polar surface area (TPSA) is 96.4 Å². The van der Waals surface area contributed by atoms with Gasteiger partial charge in [-0.25, -0.2) is 0 Å². The quantitative estimate of drug-likeness (QED) is 0.522. The SMILES string of the molecule is O=C([O-])CCN(CCC(=O)[O-])CCc1ccccn1. The van der Waals surface area contributed by atoms with Crippen LogP contribution in [0.2, 0.25) is 0 Å². The summed E-state index contributed by atoms with van der Waals surface area (Å²) < 4.78 is 0. The molecule has 0 bridgehead atoms. The van der Waals surface area contributed by atoms with E-state index in [9.17, 15) is 19.8 Å². The molecule has 19 heavy (non-hydrogen) atoms. The summed E-state index contributed by atoms with van der Waals surface area (Å²) in [6.45, 7) is 1.09. The molecule has 0 aromatic carbocycles. The first kappa shape index (κ1) is 15.1. The summed E-state index contributed by atoms with van der Waals surface area (Å²) in [6.07, 6.45) is 2.09. The van der Waals surface area contributed by atoms with Crippen molar-refractivity contribution in [2.45, 2.75) is 19.3 Å². The molecule has 0 radical (unpaired) electrons. The molecule has 0 spiro atoms. The molecule has 0 saturated carbocycles. The molecule has 6 nitrogen and oxygen atoms in total. The number of aliphatic carboxylic acids is 2. The van der Waals surface area contributed by atoms with Crippen molar-refractivity contribution in [1.82, 2.24) is 9.88 Å². The number of pyridine rings is 1. The van der Waals surface area contributed by atoms with Gasteiger partial charge in [-0.2, -0.15) is 0 Å². The molecule has 0 aliphatic heterocycles. The molecule has 6 heteroatoms. The van der Waals surface area contributed by atoms with E-state index in [1.165, 1.54) is 0 Å². The fraction of sp³-hybridized carbons (Fsp3) is 0.462. The second kappa shape index (κ2) is 8.20. The van der Waals surface area contributed by atoms with Gasteiger partial charge in [-0.05, 0) is 25.0 Å². The lowest BCUT2D eigenvalue weighted by Crippen LogP contribution is -2.36. The van der Waals surface area contributed by atoms with Crippen LogP contribution in [-0.2, 0) is 16.0 Å². The Morgan fingerprint density at radius 1 is 1.05 bits per heavy atom. The minimum Gasteiger partial charge on any atom is -0.550 e. The van der Waals surface area contributed by atoms with E-state index in [-0.39, 0.29) is 25.9 Å². The average Bonchev–Trinajstić information content (AvgIpc) is 2.38. The lowest BCUT2D eigenvalue weighted by molar-refractivity contribution is -0.306. The van der Waals surface area contributed by atoms with Gasteiger partial charge in [0.1, 0.15) is 0 Å². The maximum atomic E-state index is 10.4. The van der Waals surface area contributed by atoms with Gasteiger partial charge in [0, 0.05) is 49.9 Å². The van der Waals surface area contributed by atoms with Gasteiger partial charge in [-0.15, -0.1) is 0 Å². The smallest absolute Gasteiger partial charge is 0.0427 e. The summed E-state index contributed by atoms with van der Waals surface area (Å²) in [7, 11) is 0. The Morgan fingerprint density at radius 3 is 2.16 bits per heavy atom. The first-order chi connectivity index (χ1) is 9.08. The van der Waals surface area contributed by atoms with Crippen molar-refractivity contribution in [2.75, 3.05) is 19.6 Å². The normalized spacial score (nSPS) is 10.6. The van der Waals surface area contributed by atoms with Gasteiger partial charge in [0.15, 0.2) is 0 Å². The van der Waals surface area contributed by atoms with Crippen molar-refractivity contribution < 1.29 is 19.8 Å². The largest absolute Gasteiger partial charge is 0.550 e. The van der Waals surface area contributed by atoms with Crippen LogP contribution in [0.3, 0.4) is 0 Å². The number of rotatable bonds is 9. The molecule has 0 aliphatic carbocycles. The molecule has 1 heterocycles. The van der Waals surface area contributed by atoms with Gasteiger partial charge in [0.25, 0.3) is 0 Å². The fourth-order valence-electron chi connectivity index (χ4n) is 1.65. The molecule has 0 amide bonds. The summed E-state index contributed by atoms with van der Waals surface area (Å²) in [5.41, 5.74) is 0.884. The summed E-state index contributed by atoms with van der Waals surface area (Å²) in [4.78, 5) is 26.8. The molecule has 1 aromatic heterocycles. The van der Waals surface area contributed by atoms with Gasteiger partial charge in [-0.3, -0.25) is 4.98 Å². The van der Waals surface area contributed by atoms with Crippen LogP contribution in [0, 0.1) is 0 Å². The van der Waals surface area contributed by atoms with Crippen molar-refractivity contribution in [1.29, 1.82) is 0 Å². The summed E-state index contributed by atoms with van der Waals surface area (Å²) in [5, 5.41) is 20.9. The maximum Gasteiger partial charge on any atom is 0.0427 e. The Bertz CT molecular complexity index is 390. The summed E-state index contributed by atoms with van der Waals surface area (Å²) in [6, 6.07) is 5.55. The van der Waals surface area contributed by atoms with Crippen LogP contribution in [0.25, 0.3) is 0 Å². The molecule has 0 saturated heterocycles.